The van der Waals surface area contributed by atoms with Crippen LogP contribution in [0.5, 0.6) is 0 Å². The summed E-state index contributed by atoms with van der Waals surface area (Å²) in [5.41, 5.74) is 1.89. The van der Waals surface area contributed by atoms with E-state index in [1.54, 1.807) is 23.1 Å². The molecule has 1 amide bonds. The number of hydrogen-bond acceptors (Lipinski definition) is 4. The SMILES string of the molecule is CN(CCNC(=O)c1ccccc1SCc1cccs1)c1ccccc1. The van der Waals surface area contributed by atoms with Gasteiger partial charge in [-0.3, -0.25) is 4.79 Å². The number of nitrogens with zero attached hydrogens (tertiary/aromatic N) is 1. The van der Waals surface area contributed by atoms with Crippen LogP contribution in [-0.4, -0.2) is 26.0 Å². The van der Waals surface area contributed by atoms with Crippen molar-refractivity contribution in [1.82, 2.24) is 5.32 Å². The Morgan fingerprint density at radius 1 is 1.04 bits per heavy atom. The van der Waals surface area contributed by atoms with Gasteiger partial charge in [-0.15, -0.1) is 23.1 Å². The molecule has 0 atom stereocenters. The molecule has 3 aromatic rings. The van der Waals surface area contributed by atoms with Crippen LogP contribution in [0.1, 0.15) is 15.2 Å². The first-order valence-corrected chi connectivity index (χ1v) is 10.4. The van der Waals surface area contributed by atoms with Crippen molar-refractivity contribution in [2.24, 2.45) is 0 Å². The molecule has 0 spiro atoms. The van der Waals surface area contributed by atoms with Crippen molar-refractivity contribution in [2.45, 2.75) is 10.6 Å². The minimum absolute atomic E-state index is 0.0132. The van der Waals surface area contributed by atoms with Crippen molar-refractivity contribution < 1.29 is 4.79 Å². The van der Waals surface area contributed by atoms with Crippen molar-refractivity contribution in [2.75, 3.05) is 25.0 Å². The quantitative estimate of drug-likeness (QED) is 0.562. The fraction of sp³-hybridized carbons (Fsp3) is 0.190. The van der Waals surface area contributed by atoms with E-state index in [0.717, 1.165) is 28.4 Å². The maximum Gasteiger partial charge on any atom is 0.252 e. The van der Waals surface area contributed by atoms with Gasteiger partial charge in [0.05, 0.1) is 5.56 Å². The van der Waals surface area contributed by atoms with Crippen LogP contribution < -0.4 is 10.2 Å². The van der Waals surface area contributed by atoms with Gasteiger partial charge >= 0.3 is 0 Å². The van der Waals surface area contributed by atoms with Crippen LogP contribution >= 0.6 is 23.1 Å². The Kier molecular flexibility index (Phi) is 6.75. The minimum atomic E-state index is -0.0132. The minimum Gasteiger partial charge on any atom is -0.373 e. The summed E-state index contributed by atoms with van der Waals surface area (Å²) in [4.78, 5) is 17.1. The van der Waals surface area contributed by atoms with Crippen molar-refractivity contribution in [1.29, 1.82) is 0 Å². The van der Waals surface area contributed by atoms with Crippen LogP contribution in [0.25, 0.3) is 0 Å². The number of thiophene rings is 1. The van der Waals surface area contributed by atoms with Gasteiger partial charge in [0, 0.05) is 41.4 Å². The lowest BCUT2D eigenvalue weighted by Crippen LogP contribution is -2.33. The maximum atomic E-state index is 12.6. The zero-order chi connectivity index (χ0) is 18.2. The van der Waals surface area contributed by atoms with Crippen LogP contribution in [0.3, 0.4) is 0 Å². The van der Waals surface area contributed by atoms with Gasteiger partial charge in [0.25, 0.3) is 5.91 Å². The molecule has 1 heterocycles. The van der Waals surface area contributed by atoms with Crippen LogP contribution in [0.2, 0.25) is 0 Å². The number of para-hydroxylation sites is 1. The number of amides is 1. The Labute approximate surface area is 163 Å². The lowest BCUT2D eigenvalue weighted by molar-refractivity contribution is 0.0952. The van der Waals surface area contributed by atoms with Crippen molar-refractivity contribution >= 4 is 34.7 Å². The predicted molar refractivity (Wildman–Crippen MR) is 112 cm³/mol. The third-order valence-corrected chi connectivity index (χ3v) is 6.19. The number of nitrogens with one attached hydrogen (secondary N) is 1. The maximum absolute atomic E-state index is 12.6. The number of benzene rings is 2. The summed E-state index contributed by atoms with van der Waals surface area (Å²) >= 11 is 3.45. The molecule has 0 aliphatic carbocycles. The molecule has 0 bridgehead atoms. The molecule has 3 rings (SSSR count). The lowest BCUT2D eigenvalue weighted by Gasteiger charge is -2.19. The largest absolute Gasteiger partial charge is 0.373 e. The average molecular weight is 383 g/mol. The van der Waals surface area contributed by atoms with Gasteiger partial charge in [0.1, 0.15) is 0 Å². The van der Waals surface area contributed by atoms with Crippen molar-refractivity contribution in [3.05, 3.63) is 82.6 Å². The first-order valence-electron chi connectivity index (χ1n) is 8.52. The Morgan fingerprint density at radius 2 is 1.81 bits per heavy atom. The van der Waals surface area contributed by atoms with Gasteiger partial charge in [0.2, 0.25) is 0 Å². The standard InChI is InChI=1S/C21H22N2OS2/c1-23(17-8-3-2-4-9-17)14-13-22-21(24)19-11-5-6-12-20(19)26-16-18-10-7-15-25-18/h2-12,15H,13-14,16H2,1H3,(H,22,24). The molecule has 1 N–H and O–H groups in total. The third-order valence-electron chi connectivity index (χ3n) is 4.01. The second-order valence-corrected chi connectivity index (χ2v) is 7.93. The molecule has 0 fully saturated rings. The number of hydrogen-bond donors (Lipinski definition) is 1. The molecule has 0 radical (unpaired) electrons. The van der Waals surface area contributed by atoms with Gasteiger partial charge in [0.15, 0.2) is 0 Å². The molecule has 0 saturated carbocycles. The zero-order valence-corrected chi connectivity index (χ0v) is 16.4. The van der Waals surface area contributed by atoms with Crippen LogP contribution in [0.15, 0.2) is 77.0 Å². The summed E-state index contributed by atoms with van der Waals surface area (Å²) in [6.45, 7) is 1.37. The van der Waals surface area contributed by atoms with E-state index in [9.17, 15) is 4.79 Å². The zero-order valence-electron chi connectivity index (χ0n) is 14.7. The summed E-state index contributed by atoms with van der Waals surface area (Å²) in [6, 6.07) is 22.2. The summed E-state index contributed by atoms with van der Waals surface area (Å²) in [7, 11) is 2.03. The summed E-state index contributed by atoms with van der Waals surface area (Å²) < 4.78 is 0. The third kappa shape index (κ3) is 5.13. The van der Waals surface area contributed by atoms with E-state index in [1.165, 1.54) is 4.88 Å². The molecule has 1 aromatic heterocycles. The Balaban J connectivity index is 1.54. The number of anilines is 1. The Morgan fingerprint density at radius 3 is 2.58 bits per heavy atom. The van der Waals surface area contributed by atoms with E-state index in [1.807, 2.05) is 49.5 Å². The van der Waals surface area contributed by atoms with Crippen LogP contribution in [-0.2, 0) is 5.75 Å². The van der Waals surface area contributed by atoms with E-state index < -0.39 is 0 Å². The summed E-state index contributed by atoms with van der Waals surface area (Å²) in [5, 5.41) is 5.12. The highest BCUT2D eigenvalue weighted by atomic mass is 32.2. The molecule has 0 aliphatic rings. The van der Waals surface area contributed by atoms with Crippen molar-refractivity contribution in [3.8, 4) is 0 Å². The highest BCUT2D eigenvalue weighted by Gasteiger charge is 2.11. The molecule has 0 aliphatic heterocycles. The smallest absolute Gasteiger partial charge is 0.252 e. The number of thioether (sulfide) groups is 1. The Hall–Kier alpha value is -2.24. The van der Waals surface area contributed by atoms with Gasteiger partial charge in [-0.2, -0.15) is 0 Å². The molecule has 0 unspecified atom stereocenters. The first kappa shape index (κ1) is 18.5. The van der Waals surface area contributed by atoms with Gasteiger partial charge in [-0.05, 0) is 35.7 Å². The molecule has 5 heteroatoms. The van der Waals surface area contributed by atoms with E-state index >= 15 is 0 Å². The number of carbonyl (C=O) groups is 1. The second-order valence-electron chi connectivity index (χ2n) is 5.88. The second kappa shape index (κ2) is 9.46. The normalized spacial score (nSPS) is 10.5. The lowest BCUT2D eigenvalue weighted by atomic mass is 10.2. The van der Waals surface area contributed by atoms with E-state index in [0.29, 0.717) is 6.54 Å². The highest BCUT2D eigenvalue weighted by molar-refractivity contribution is 7.98. The summed E-state index contributed by atoms with van der Waals surface area (Å²) in [6.07, 6.45) is 0. The molecule has 3 nitrogen and oxygen atoms in total. The first-order chi connectivity index (χ1) is 12.7. The van der Waals surface area contributed by atoms with Gasteiger partial charge in [-0.1, -0.05) is 36.4 Å². The number of rotatable bonds is 8. The van der Waals surface area contributed by atoms with Crippen molar-refractivity contribution in [3.63, 3.8) is 0 Å². The molecule has 26 heavy (non-hydrogen) atoms. The molecule has 134 valence electrons. The van der Waals surface area contributed by atoms with Gasteiger partial charge < -0.3 is 10.2 Å². The summed E-state index contributed by atoms with van der Waals surface area (Å²) in [5.74, 6) is 0.874. The highest BCUT2D eigenvalue weighted by Crippen LogP contribution is 2.27. The molecular formula is C21H22N2OS2. The van der Waals surface area contributed by atoms with Crippen LogP contribution in [0.4, 0.5) is 5.69 Å². The van der Waals surface area contributed by atoms with Crippen LogP contribution in [0, 0.1) is 0 Å². The molecular weight excluding hydrogens is 360 g/mol. The monoisotopic (exact) mass is 382 g/mol. The topological polar surface area (TPSA) is 32.3 Å². The van der Waals surface area contributed by atoms with E-state index in [4.69, 9.17) is 0 Å². The Bertz CT molecular complexity index is 819. The van der Waals surface area contributed by atoms with E-state index in [2.05, 4.69) is 39.9 Å². The fourth-order valence-corrected chi connectivity index (χ4v) is 4.39. The number of carbonyl (C=O) groups excluding carboxylic acids is 1. The average Bonchev–Trinajstić information content (AvgIpc) is 3.20. The van der Waals surface area contributed by atoms with Gasteiger partial charge in [-0.25, -0.2) is 0 Å². The molecule has 0 saturated heterocycles. The molecule has 2 aromatic carbocycles. The number of likely N-dealkylation sites (N-methyl/N-ethyl adjacent to an activating group) is 1. The predicted octanol–water partition coefficient (Wildman–Crippen LogP) is 4.91. The van der Waals surface area contributed by atoms with E-state index in [-0.39, 0.29) is 5.91 Å². The fourth-order valence-electron chi connectivity index (χ4n) is 2.57.